The topological polar surface area (TPSA) is 33.2 Å². The van der Waals surface area contributed by atoms with E-state index in [0.717, 1.165) is 23.6 Å². The zero-order valence-electron chi connectivity index (χ0n) is 9.69. The zero-order valence-corrected chi connectivity index (χ0v) is 10.5. The molecule has 2 heterocycles. The summed E-state index contributed by atoms with van der Waals surface area (Å²) in [4.78, 5) is 17.3. The van der Waals surface area contributed by atoms with E-state index in [4.69, 9.17) is 0 Å². The SMILES string of the molecule is CCN1CCC(Cc2nc(C=O)cs2)CC1. The van der Waals surface area contributed by atoms with Gasteiger partial charge in [-0.15, -0.1) is 11.3 Å². The van der Waals surface area contributed by atoms with Gasteiger partial charge in [0.2, 0.25) is 0 Å². The smallest absolute Gasteiger partial charge is 0.169 e. The van der Waals surface area contributed by atoms with Crippen LogP contribution in [-0.2, 0) is 6.42 Å². The van der Waals surface area contributed by atoms with Gasteiger partial charge in [-0.05, 0) is 38.4 Å². The maximum Gasteiger partial charge on any atom is 0.169 e. The first-order valence-corrected chi connectivity index (χ1v) is 6.81. The molecule has 1 aromatic rings. The number of aromatic nitrogens is 1. The highest BCUT2D eigenvalue weighted by molar-refractivity contribution is 7.09. The summed E-state index contributed by atoms with van der Waals surface area (Å²) in [7, 11) is 0. The van der Waals surface area contributed by atoms with Crippen molar-refractivity contribution in [3.63, 3.8) is 0 Å². The number of hydrogen-bond acceptors (Lipinski definition) is 4. The molecule has 88 valence electrons. The van der Waals surface area contributed by atoms with Crippen molar-refractivity contribution in [1.82, 2.24) is 9.88 Å². The molecule has 1 aliphatic rings. The van der Waals surface area contributed by atoms with Crippen LogP contribution in [0.1, 0.15) is 35.3 Å². The highest BCUT2D eigenvalue weighted by Gasteiger charge is 2.19. The van der Waals surface area contributed by atoms with Gasteiger partial charge in [0.15, 0.2) is 6.29 Å². The third kappa shape index (κ3) is 2.89. The standard InChI is InChI=1S/C12H18N2OS/c1-2-14-5-3-10(4-6-14)7-12-13-11(8-15)9-16-12/h8-10H,2-7H2,1H3. The minimum atomic E-state index is 0.589. The van der Waals surface area contributed by atoms with Gasteiger partial charge in [0.25, 0.3) is 0 Å². The Morgan fingerprint density at radius 2 is 2.31 bits per heavy atom. The number of carbonyl (C=O) groups excluding carboxylic acids is 1. The maximum atomic E-state index is 10.5. The van der Waals surface area contributed by atoms with Gasteiger partial charge in [0, 0.05) is 11.8 Å². The Labute approximate surface area is 100 Å². The van der Waals surface area contributed by atoms with Crippen LogP contribution in [0.4, 0.5) is 0 Å². The van der Waals surface area contributed by atoms with E-state index in [2.05, 4.69) is 16.8 Å². The number of likely N-dealkylation sites (tertiary alicyclic amines) is 1. The summed E-state index contributed by atoms with van der Waals surface area (Å²) in [6.45, 7) is 5.82. The van der Waals surface area contributed by atoms with Crippen molar-refractivity contribution in [3.05, 3.63) is 16.1 Å². The first-order chi connectivity index (χ1) is 7.81. The van der Waals surface area contributed by atoms with Crippen molar-refractivity contribution in [1.29, 1.82) is 0 Å². The van der Waals surface area contributed by atoms with Crippen molar-refractivity contribution >= 4 is 17.6 Å². The number of piperidine rings is 1. The van der Waals surface area contributed by atoms with Crippen molar-refractivity contribution in [2.24, 2.45) is 5.92 Å². The lowest BCUT2D eigenvalue weighted by atomic mass is 9.94. The number of nitrogens with zero attached hydrogens (tertiary/aromatic N) is 2. The van der Waals surface area contributed by atoms with Crippen LogP contribution in [0.25, 0.3) is 0 Å². The Hall–Kier alpha value is -0.740. The molecule has 3 nitrogen and oxygen atoms in total. The number of hydrogen-bond donors (Lipinski definition) is 0. The summed E-state index contributed by atoms with van der Waals surface area (Å²) in [5.74, 6) is 0.758. The van der Waals surface area contributed by atoms with Gasteiger partial charge in [0.1, 0.15) is 5.69 Å². The van der Waals surface area contributed by atoms with Gasteiger partial charge in [-0.25, -0.2) is 4.98 Å². The van der Waals surface area contributed by atoms with E-state index in [1.54, 1.807) is 11.3 Å². The summed E-state index contributed by atoms with van der Waals surface area (Å²) in [5.41, 5.74) is 0.589. The summed E-state index contributed by atoms with van der Waals surface area (Å²) < 4.78 is 0. The Morgan fingerprint density at radius 3 is 2.88 bits per heavy atom. The molecule has 0 aromatic carbocycles. The van der Waals surface area contributed by atoms with Gasteiger partial charge in [-0.2, -0.15) is 0 Å². The molecule has 1 fully saturated rings. The lowest BCUT2D eigenvalue weighted by molar-refractivity contribution is 0.111. The average molecular weight is 238 g/mol. The first kappa shape index (κ1) is 11.7. The van der Waals surface area contributed by atoms with Crippen LogP contribution in [0.3, 0.4) is 0 Å². The average Bonchev–Trinajstić information content (AvgIpc) is 2.78. The minimum Gasteiger partial charge on any atom is -0.304 e. The van der Waals surface area contributed by atoms with Crippen molar-refractivity contribution in [3.8, 4) is 0 Å². The second kappa shape index (κ2) is 5.55. The molecule has 0 bridgehead atoms. The molecule has 0 aliphatic carbocycles. The largest absolute Gasteiger partial charge is 0.304 e. The highest BCUT2D eigenvalue weighted by atomic mass is 32.1. The highest BCUT2D eigenvalue weighted by Crippen LogP contribution is 2.22. The normalized spacial score (nSPS) is 18.8. The molecule has 0 saturated carbocycles. The summed E-state index contributed by atoms with van der Waals surface area (Å²) in [6.07, 6.45) is 4.42. The van der Waals surface area contributed by atoms with Crippen LogP contribution in [0.2, 0.25) is 0 Å². The van der Waals surface area contributed by atoms with Gasteiger partial charge < -0.3 is 4.90 Å². The van der Waals surface area contributed by atoms with E-state index in [1.165, 1.54) is 32.5 Å². The maximum absolute atomic E-state index is 10.5. The van der Waals surface area contributed by atoms with Crippen molar-refractivity contribution in [2.45, 2.75) is 26.2 Å². The Morgan fingerprint density at radius 1 is 1.56 bits per heavy atom. The van der Waals surface area contributed by atoms with Gasteiger partial charge >= 0.3 is 0 Å². The number of aldehydes is 1. The van der Waals surface area contributed by atoms with E-state index in [-0.39, 0.29) is 0 Å². The molecule has 16 heavy (non-hydrogen) atoms. The van der Waals surface area contributed by atoms with Crippen molar-refractivity contribution in [2.75, 3.05) is 19.6 Å². The lowest BCUT2D eigenvalue weighted by Crippen LogP contribution is -2.34. The number of carbonyl (C=O) groups is 1. The molecule has 0 atom stereocenters. The van der Waals surface area contributed by atoms with Gasteiger partial charge in [-0.1, -0.05) is 6.92 Å². The molecule has 0 amide bonds. The molecule has 2 rings (SSSR count). The minimum absolute atomic E-state index is 0.589. The Kier molecular flexibility index (Phi) is 4.07. The van der Waals surface area contributed by atoms with Gasteiger partial charge in [0.05, 0.1) is 5.01 Å². The van der Waals surface area contributed by atoms with Crippen LogP contribution in [0.5, 0.6) is 0 Å². The van der Waals surface area contributed by atoms with E-state index >= 15 is 0 Å². The monoisotopic (exact) mass is 238 g/mol. The number of thiazole rings is 1. The fourth-order valence-corrected chi connectivity index (χ4v) is 3.08. The lowest BCUT2D eigenvalue weighted by Gasteiger charge is -2.30. The van der Waals surface area contributed by atoms with Crippen LogP contribution >= 0.6 is 11.3 Å². The molecule has 0 N–H and O–H groups in total. The summed E-state index contributed by atoms with van der Waals surface area (Å²) in [5, 5.41) is 2.97. The predicted molar refractivity (Wildman–Crippen MR) is 66.0 cm³/mol. The van der Waals surface area contributed by atoms with Crippen LogP contribution in [0.15, 0.2) is 5.38 Å². The summed E-state index contributed by atoms with van der Waals surface area (Å²) >= 11 is 1.62. The molecule has 0 unspecified atom stereocenters. The Balaban J connectivity index is 1.84. The van der Waals surface area contributed by atoms with Crippen molar-refractivity contribution < 1.29 is 4.79 Å². The molecular formula is C12H18N2OS. The van der Waals surface area contributed by atoms with E-state index in [0.29, 0.717) is 5.69 Å². The fourth-order valence-electron chi connectivity index (χ4n) is 2.23. The molecular weight excluding hydrogens is 220 g/mol. The molecule has 0 spiro atoms. The molecule has 1 aromatic heterocycles. The Bertz CT molecular complexity index is 343. The van der Waals surface area contributed by atoms with Crippen LogP contribution in [-0.4, -0.2) is 35.8 Å². The van der Waals surface area contributed by atoms with Crippen LogP contribution < -0.4 is 0 Å². The number of rotatable bonds is 4. The quantitative estimate of drug-likeness (QED) is 0.754. The van der Waals surface area contributed by atoms with E-state index < -0.39 is 0 Å². The van der Waals surface area contributed by atoms with E-state index in [9.17, 15) is 4.79 Å². The first-order valence-electron chi connectivity index (χ1n) is 5.93. The zero-order chi connectivity index (χ0) is 11.4. The molecule has 1 aliphatic heterocycles. The van der Waals surface area contributed by atoms with Crippen LogP contribution in [0, 0.1) is 5.92 Å². The fraction of sp³-hybridized carbons (Fsp3) is 0.667. The van der Waals surface area contributed by atoms with Gasteiger partial charge in [-0.3, -0.25) is 4.79 Å². The molecule has 4 heteroatoms. The predicted octanol–water partition coefficient (Wildman–Crippen LogP) is 2.23. The third-order valence-electron chi connectivity index (χ3n) is 3.31. The van der Waals surface area contributed by atoms with E-state index in [1.807, 2.05) is 5.38 Å². The second-order valence-electron chi connectivity index (χ2n) is 4.37. The molecule has 0 radical (unpaired) electrons. The third-order valence-corrected chi connectivity index (χ3v) is 4.20. The summed E-state index contributed by atoms with van der Waals surface area (Å²) in [6, 6.07) is 0. The molecule has 1 saturated heterocycles. The second-order valence-corrected chi connectivity index (χ2v) is 5.31.